The van der Waals surface area contributed by atoms with Crippen molar-refractivity contribution >= 4 is 84.0 Å². The van der Waals surface area contributed by atoms with Crippen molar-refractivity contribution in [3.8, 4) is 23.5 Å². The molecule has 6 aliphatic rings. The second-order valence-electron chi connectivity index (χ2n) is 22.0. The van der Waals surface area contributed by atoms with Crippen molar-refractivity contribution in [1.29, 1.82) is 0 Å². The number of aromatic hydroxyl groups is 2. The van der Waals surface area contributed by atoms with Crippen LogP contribution in [-0.2, 0) is 54.5 Å². The van der Waals surface area contributed by atoms with Crippen molar-refractivity contribution in [3.63, 3.8) is 0 Å². The van der Waals surface area contributed by atoms with Crippen LogP contribution in [0.15, 0.2) is 62.2 Å². The zero-order chi connectivity index (χ0) is 60.8. The van der Waals surface area contributed by atoms with E-state index in [9.17, 15) is 24.6 Å². The molecule has 6 aliphatic heterocycles. The van der Waals surface area contributed by atoms with Gasteiger partial charge in [-0.25, -0.2) is 19.6 Å². The number of benzene rings is 2. The van der Waals surface area contributed by atoms with E-state index in [-0.39, 0.29) is 17.4 Å². The number of amides is 1. The fourth-order valence-electron chi connectivity index (χ4n) is 11.6. The number of carbonyl (C=O) groups excluding carboxylic acids is 3. The predicted molar refractivity (Wildman–Crippen MR) is 337 cm³/mol. The van der Waals surface area contributed by atoms with E-state index in [2.05, 4.69) is 53.9 Å². The Labute approximate surface area is 515 Å². The number of aromatic nitrogens is 6. The first-order valence-electron chi connectivity index (χ1n) is 30.1. The van der Waals surface area contributed by atoms with Crippen molar-refractivity contribution in [3.05, 3.63) is 94.8 Å². The summed E-state index contributed by atoms with van der Waals surface area (Å²) in [5, 5.41) is 22.8. The van der Waals surface area contributed by atoms with E-state index < -0.39 is 11.9 Å². The summed E-state index contributed by atoms with van der Waals surface area (Å²) in [6.07, 6.45) is 10.3. The summed E-state index contributed by atoms with van der Waals surface area (Å²) in [4.78, 5) is 77.6. The van der Waals surface area contributed by atoms with Gasteiger partial charge in [0.1, 0.15) is 34.2 Å². The van der Waals surface area contributed by atoms with Gasteiger partial charge in [-0.2, -0.15) is 19.9 Å². The highest BCUT2D eigenvalue weighted by atomic mass is 32.1. The second kappa shape index (κ2) is 29.9. The number of piperidine rings is 1. The molecule has 10 heterocycles. The Morgan fingerprint density at radius 3 is 1.44 bits per heavy atom. The van der Waals surface area contributed by atoms with Gasteiger partial charge in [0.25, 0.3) is 0 Å². The number of phenols is 2. The molecule has 12 rings (SSSR count). The van der Waals surface area contributed by atoms with Crippen LogP contribution in [0.2, 0.25) is 0 Å². The summed E-state index contributed by atoms with van der Waals surface area (Å²) < 4.78 is 29.2. The Morgan fingerprint density at radius 1 is 0.552 bits per heavy atom. The molecule has 23 nitrogen and oxygen atoms in total. The fourth-order valence-corrected chi connectivity index (χ4v) is 13.4. The first kappa shape index (κ1) is 62.5. The van der Waals surface area contributed by atoms with Crippen LogP contribution in [0.1, 0.15) is 64.6 Å². The number of nitrogens with zero attached hydrogens (tertiary/aromatic N) is 13. The molecule has 0 bridgehead atoms. The molecule has 6 aromatic rings. The average Bonchev–Trinajstić information content (AvgIpc) is 3.37. The molecule has 25 heteroatoms. The smallest absolute Gasteiger partial charge is 0.338 e. The third-order valence-electron chi connectivity index (χ3n) is 16.0. The minimum atomic E-state index is -0.764. The average molecular weight is 1230 g/mol. The van der Waals surface area contributed by atoms with Gasteiger partial charge in [-0.1, -0.05) is 19.7 Å². The third kappa shape index (κ3) is 16.2. The number of ether oxygens (including phenoxy) is 5. The minimum Gasteiger partial charge on any atom is -0.508 e. The van der Waals surface area contributed by atoms with Crippen LogP contribution in [0.5, 0.6) is 23.5 Å². The molecule has 0 unspecified atom stereocenters. The lowest BCUT2D eigenvalue weighted by Crippen LogP contribution is -2.49. The summed E-state index contributed by atoms with van der Waals surface area (Å²) in [5.41, 5.74) is 8.06. The first-order valence-corrected chi connectivity index (χ1v) is 31.7. The molecule has 1 amide bonds. The molecule has 4 fully saturated rings. The maximum absolute atomic E-state index is 12.2. The lowest BCUT2D eigenvalue weighted by Gasteiger charge is -2.38. The molecule has 464 valence electrons. The lowest BCUT2D eigenvalue weighted by molar-refractivity contribution is -0.152. The number of hydrogen-bond donors (Lipinski definition) is 2. The van der Waals surface area contributed by atoms with E-state index in [4.69, 9.17) is 48.9 Å². The molecule has 0 saturated carbocycles. The number of carbonyl (C=O) groups is 3. The van der Waals surface area contributed by atoms with Crippen LogP contribution in [0.3, 0.4) is 0 Å². The van der Waals surface area contributed by atoms with Gasteiger partial charge >= 0.3 is 24.0 Å². The number of piperazine rings is 1. The van der Waals surface area contributed by atoms with Gasteiger partial charge in [-0.3, -0.25) is 14.6 Å². The summed E-state index contributed by atoms with van der Waals surface area (Å²) in [5.74, 6) is 0.899. The number of hydrogen-bond acceptors (Lipinski definition) is 24. The second-order valence-corrected chi connectivity index (χ2v) is 24.4. The molecule has 87 heavy (non-hydrogen) atoms. The number of morpholine rings is 2. The minimum absolute atomic E-state index is 0.0380. The number of fused-ring (bicyclic) bond motifs is 4. The quantitative estimate of drug-likeness (QED) is 0.0414. The maximum atomic E-state index is 12.2. The number of anilines is 4. The van der Waals surface area contributed by atoms with Crippen LogP contribution >= 0.6 is 22.7 Å². The molecule has 4 aromatic heterocycles. The van der Waals surface area contributed by atoms with Gasteiger partial charge in [-0.15, -0.1) is 22.7 Å². The van der Waals surface area contributed by atoms with Crippen molar-refractivity contribution in [2.45, 2.75) is 71.9 Å². The Hall–Kier alpha value is -7.55. The first-order chi connectivity index (χ1) is 42.3. The van der Waals surface area contributed by atoms with E-state index in [0.717, 1.165) is 200 Å². The highest BCUT2D eigenvalue weighted by molar-refractivity contribution is 7.19. The zero-order valence-corrected chi connectivity index (χ0v) is 51.6. The summed E-state index contributed by atoms with van der Waals surface area (Å²) in [6, 6.07) is 8.09. The van der Waals surface area contributed by atoms with Crippen molar-refractivity contribution in [2.24, 2.45) is 0 Å². The Balaban J connectivity index is 0.000000170. The molecular weight excluding hydrogens is 1150 g/mol. The van der Waals surface area contributed by atoms with Gasteiger partial charge in [0.15, 0.2) is 0 Å². The van der Waals surface area contributed by atoms with Crippen LogP contribution in [0.25, 0.3) is 20.4 Å². The van der Waals surface area contributed by atoms with Gasteiger partial charge in [0.05, 0.1) is 94.9 Å². The monoisotopic (exact) mass is 1230 g/mol. The number of aryl methyl sites for hydroxylation is 2. The van der Waals surface area contributed by atoms with E-state index in [1.165, 1.54) is 30.9 Å². The largest absolute Gasteiger partial charge is 0.508 e. The highest BCUT2D eigenvalue weighted by Crippen LogP contribution is 2.40. The molecule has 4 saturated heterocycles. The number of thiazole rings is 2. The van der Waals surface area contributed by atoms with Gasteiger partial charge in [0, 0.05) is 127 Å². The SMILES string of the molecule is C=CC(=O)N1CCN(c2nc(OCCCN3CCOCC3)nc3c2CCN(c2cc(O)cc4sc(C)nc24)C3)CC1.C=CC(=O)OC(=O)C=C.Cc1nc2c(N3CCc4c(nc(OCCCN5CCOCC5)nc4N4CCCCC4)C3)cc(O)cc2s1. The number of phenolic OH excluding ortho intramolecular Hbond substituents is 2. The molecule has 0 radical (unpaired) electrons. The van der Waals surface area contributed by atoms with Crippen molar-refractivity contribution < 1.29 is 48.3 Å². The highest BCUT2D eigenvalue weighted by Gasteiger charge is 2.31. The predicted octanol–water partition coefficient (Wildman–Crippen LogP) is 6.78. The molecule has 0 atom stereocenters. The Morgan fingerprint density at radius 2 is 1.00 bits per heavy atom. The molecule has 0 spiro atoms. The van der Waals surface area contributed by atoms with Crippen LogP contribution in [0.4, 0.5) is 23.0 Å². The Bertz CT molecular complexity index is 3390. The number of rotatable bonds is 17. The summed E-state index contributed by atoms with van der Waals surface area (Å²) >= 11 is 3.20. The molecule has 2 N–H and O–H groups in total. The topological polar surface area (TPSA) is 238 Å². The van der Waals surface area contributed by atoms with E-state index >= 15 is 0 Å². The summed E-state index contributed by atoms with van der Waals surface area (Å²) in [7, 11) is 0. The molecular formula is C62H79N13O10S2. The van der Waals surface area contributed by atoms with Gasteiger partial charge in [0.2, 0.25) is 5.91 Å². The maximum Gasteiger partial charge on any atom is 0.338 e. The standard InChI is InChI=1S/C29H37N7O4S.C27H36N6O3S.C6H6O3/c1-3-26(38)34-8-10-35(11-9-34)28-22-5-7-36(24-17-21(37)18-25-27(24)30-20(2)41-25)19-23(22)31-29(32-28)40-14-4-6-33-12-15-39-16-13-33;1-19-28-25-23(16-20(34)17-24(25)37-19)33-10-6-21-22(18-33)29-27(30-26(21)32-8-3-2-4-9-32)36-13-5-7-31-11-14-35-15-12-31;1-3-5(7)9-6(8)4-2/h3,17-18,37H,1,4-16,19H2,2H3;16-17,34H,2-15,18H2,1H3;3-4H,1-2H2. The number of esters is 2. The Kier molecular flexibility index (Phi) is 21.5. The van der Waals surface area contributed by atoms with Crippen LogP contribution in [0, 0.1) is 13.8 Å². The van der Waals surface area contributed by atoms with Crippen molar-refractivity contribution in [2.75, 3.05) is 151 Å². The normalized spacial score (nSPS) is 17.3. The van der Waals surface area contributed by atoms with Crippen LogP contribution in [-0.4, -0.2) is 204 Å². The van der Waals surface area contributed by atoms with E-state index in [1.54, 1.807) is 40.9 Å². The zero-order valence-electron chi connectivity index (χ0n) is 50.0. The van der Waals surface area contributed by atoms with E-state index in [1.807, 2.05) is 24.8 Å². The molecule has 2 aromatic carbocycles. The van der Waals surface area contributed by atoms with Crippen molar-refractivity contribution in [1.82, 2.24) is 44.6 Å². The van der Waals surface area contributed by atoms with E-state index in [0.29, 0.717) is 64.5 Å². The van der Waals surface area contributed by atoms with Crippen LogP contribution < -0.4 is 29.1 Å². The van der Waals surface area contributed by atoms with Gasteiger partial charge in [-0.05, 0) is 77.0 Å². The third-order valence-corrected chi connectivity index (χ3v) is 17.9. The fraction of sp³-hybridized carbons (Fsp3) is 0.500. The lowest BCUT2D eigenvalue weighted by atomic mass is 10.0. The molecule has 0 aliphatic carbocycles. The summed E-state index contributed by atoms with van der Waals surface area (Å²) in [6.45, 7) is 31.5. The van der Waals surface area contributed by atoms with Gasteiger partial charge < -0.3 is 58.4 Å².